The lowest BCUT2D eigenvalue weighted by Gasteiger charge is -2.22. The number of rotatable bonds is 11. The van der Waals surface area contributed by atoms with Gasteiger partial charge in [0.15, 0.2) is 0 Å². The number of hydrogen-bond donors (Lipinski definition) is 2. The van der Waals surface area contributed by atoms with E-state index in [0.29, 0.717) is 5.56 Å². The fraction of sp³-hybridized carbons (Fsp3) is 0.565. The van der Waals surface area contributed by atoms with Gasteiger partial charge in [-0.3, -0.25) is 4.79 Å². The minimum atomic E-state index is -0.978. The van der Waals surface area contributed by atoms with Crippen molar-refractivity contribution in [2.24, 2.45) is 11.8 Å². The lowest BCUT2D eigenvalue weighted by atomic mass is 9.89. The zero-order valence-corrected chi connectivity index (χ0v) is 17.2. The first-order valence-electron chi connectivity index (χ1n) is 10.3. The van der Waals surface area contributed by atoms with Crippen LogP contribution in [0, 0.1) is 11.8 Å². The van der Waals surface area contributed by atoms with E-state index < -0.39 is 30.1 Å². The number of carbonyl (C=O) groups is 2. The van der Waals surface area contributed by atoms with Crippen LogP contribution in [0.25, 0.3) is 0 Å². The third kappa shape index (κ3) is 6.98. The zero-order chi connectivity index (χ0) is 21.2. The van der Waals surface area contributed by atoms with E-state index >= 15 is 0 Å². The Balaban J connectivity index is 2.14. The number of unbranched alkanes of at least 4 members (excludes halogenated alkanes) is 2. The summed E-state index contributed by atoms with van der Waals surface area (Å²) in [6.45, 7) is 2.14. The van der Waals surface area contributed by atoms with Crippen LogP contribution in [0.15, 0.2) is 42.5 Å². The highest BCUT2D eigenvalue weighted by Crippen LogP contribution is 2.38. The van der Waals surface area contributed by atoms with Crippen molar-refractivity contribution in [2.75, 3.05) is 7.11 Å². The third-order valence-corrected chi connectivity index (χ3v) is 5.51. The predicted octanol–water partition coefficient (Wildman–Crippen LogP) is 3.84. The largest absolute Gasteiger partial charge is 0.481 e. The van der Waals surface area contributed by atoms with Crippen LogP contribution in [-0.4, -0.2) is 47.6 Å². The van der Waals surface area contributed by atoms with E-state index in [1.165, 1.54) is 0 Å². The molecule has 0 saturated heterocycles. The number of ether oxygens (including phenoxy) is 2. The van der Waals surface area contributed by atoms with Gasteiger partial charge in [-0.25, -0.2) is 4.79 Å². The second-order valence-electron chi connectivity index (χ2n) is 7.61. The van der Waals surface area contributed by atoms with Gasteiger partial charge in [0.25, 0.3) is 0 Å². The number of aliphatic hydroxyl groups is 1. The quantitative estimate of drug-likeness (QED) is 0.331. The number of aliphatic carboxylic acids is 1. The Morgan fingerprint density at radius 1 is 1.24 bits per heavy atom. The Morgan fingerprint density at radius 3 is 2.59 bits per heavy atom. The maximum atomic E-state index is 12.5. The SMILES string of the molecule is CCCCC[C@H](C=C[C@@H]1[C@@H](CC(=O)O)[C@@H](O)C[C@H]1OC(=O)c1ccccc1)OC. The van der Waals surface area contributed by atoms with Crippen molar-refractivity contribution in [1.82, 2.24) is 0 Å². The van der Waals surface area contributed by atoms with Gasteiger partial charge in [-0.05, 0) is 18.6 Å². The zero-order valence-electron chi connectivity index (χ0n) is 17.2. The average molecular weight is 405 g/mol. The second kappa shape index (κ2) is 11.7. The second-order valence-corrected chi connectivity index (χ2v) is 7.61. The van der Waals surface area contributed by atoms with Crippen LogP contribution in [0.1, 0.15) is 55.8 Å². The van der Waals surface area contributed by atoms with Gasteiger partial charge >= 0.3 is 11.9 Å². The van der Waals surface area contributed by atoms with E-state index in [1.54, 1.807) is 31.4 Å². The van der Waals surface area contributed by atoms with Gasteiger partial charge in [0.2, 0.25) is 0 Å². The van der Waals surface area contributed by atoms with Crippen molar-refractivity contribution in [2.45, 2.75) is 63.8 Å². The minimum absolute atomic E-state index is 0.0877. The summed E-state index contributed by atoms with van der Waals surface area (Å²) in [7, 11) is 1.64. The van der Waals surface area contributed by atoms with Gasteiger partial charge in [0.1, 0.15) is 6.10 Å². The normalized spacial score (nSPS) is 25.2. The Hall–Kier alpha value is -2.18. The van der Waals surface area contributed by atoms with E-state index in [2.05, 4.69) is 6.92 Å². The number of esters is 1. The highest BCUT2D eigenvalue weighted by atomic mass is 16.5. The Morgan fingerprint density at radius 2 is 1.97 bits per heavy atom. The van der Waals surface area contributed by atoms with Crippen LogP contribution in [0.4, 0.5) is 0 Å². The molecule has 2 N–H and O–H groups in total. The Labute approximate surface area is 172 Å². The molecule has 1 aliphatic carbocycles. The molecule has 0 spiro atoms. The molecular formula is C23H32O6. The highest BCUT2D eigenvalue weighted by molar-refractivity contribution is 5.89. The van der Waals surface area contributed by atoms with Crippen LogP contribution in [0.3, 0.4) is 0 Å². The standard InChI is InChI=1S/C23H32O6/c1-3-4-6-11-17(28-2)12-13-18-19(14-22(25)26)20(24)15-21(18)29-23(27)16-9-7-5-8-10-16/h5,7-10,12-13,17-21,24H,3-4,6,11,14-15H2,1-2H3,(H,25,26)/t17-,18-,19-,20+,21-/m1/s1. The third-order valence-electron chi connectivity index (χ3n) is 5.51. The summed E-state index contributed by atoms with van der Waals surface area (Å²) in [5.41, 5.74) is 0.431. The van der Waals surface area contributed by atoms with Crippen molar-refractivity contribution < 1.29 is 29.3 Å². The number of aliphatic hydroxyl groups excluding tert-OH is 1. The molecule has 1 aliphatic rings. The topological polar surface area (TPSA) is 93.1 Å². The van der Waals surface area contributed by atoms with Crippen LogP contribution >= 0.6 is 0 Å². The number of carbonyl (C=O) groups excluding carboxylic acids is 1. The molecule has 0 heterocycles. The van der Waals surface area contributed by atoms with Gasteiger partial charge in [0.05, 0.1) is 24.2 Å². The lowest BCUT2D eigenvalue weighted by Crippen LogP contribution is -2.26. The lowest BCUT2D eigenvalue weighted by molar-refractivity contribution is -0.139. The molecule has 29 heavy (non-hydrogen) atoms. The summed E-state index contributed by atoms with van der Waals surface area (Å²) in [5.74, 6) is -2.33. The first kappa shape index (κ1) is 23.1. The van der Waals surface area contributed by atoms with Gasteiger partial charge in [0, 0.05) is 25.4 Å². The molecule has 0 bridgehead atoms. The number of carboxylic acids is 1. The summed E-state index contributed by atoms with van der Waals surface area (Å²) >= 11 is 0. The van der Waals surface area contributed by atoms with Crippen LogP contribution in [0.5, 0.6) is 0 Å². The molecule has 0 radical (unpaired) electrons. The molecule has 0 unspecified atom stereocenters. The van der Waals surface area contributed by atoms with Crippen LogP contribution in [-0.2, 0) is 14.3 Å². The molecule has 6 nitrogen and oxygen atoms in total. The fourth-order valence-corrected chi connectivity index (χ4v) is 3.89. The molecule has 1 aromatic rings. The molecule has 6 heteroatoms. The molecule has 0 aromatic heterocycles. The molecule has 0 aliphatic heterocycles. The monoisotopic (exact) mass is 404 g/mol. The number of hydrogen-bond acceptors (Lipinski definition) is 5. The van der Waals surface area contributed by atoms with Crippen molar-refractivity contribution in [3.05, 3.63) is 48.0 Å². The van der Waals surface area contributed by atoms with E-state index in [-0.39, 0.29) is 24.9 Å². The van der Waals surface area contributed by atoms with Gasteiger partial charge < -0.3 is 19.7 Å². The van der Waals surface area contributed by atoms with Crippen molar-refractivity contribution >= 4 is 11.9 Å². The van der Waals surface area contributed by atoms with Crippen molar-refractivity contribution in [3.8, 4) is 0 Å². The fourth-order valence-electron chi connectivity index (χ4n) is 3.89. The van der Waals surface area contributed by atoms with Crippen molar-refractivity contribution in [3.63, 3.8) is 0 Å². The minimum Gasteiger partial charge on any atom is -0.481 e. The summed E-state index contributed by atoms with van der Waals surface area (Å²) in [6, 6.07) is 8.66. The summed E-state index contributed by atoms with van der Waals surface area (Å²) in [6.07, 6.45) is 6.47. The first-order chi connectivity index (χ1) is 14.0. The maximum Gasteiger partial charge on any atom is 0.338 e. The number of methoxy groups -OCH3 is 1. The van der Waals surface area contributed by atoms with Crippen LogP contribution in [0.2, 0.25) is 0 Å². The molecule has 1 aromatic carbocycles. The predicted molar refractivity (Wildman–Crippen MR) is 110 cm³/mol. The summed E-state index contributed by atoms with van der Waals surface area (Å²) in [4.78, 5) is 23.8. The number of benzene rings is 1. The Bertz CT molecular complexity index is 671. The molecule has 1 saturated carbocycles. The summed E-state index contributed by atoms with van der Waals surface area (Å²) < 4.78 is 11.2. The molecule has 1 fully saturated rings. The number of carboxylic acid groups (broad SMARTS) is 1. The van der Waals surface area contributed by atoms with Gasteiger partial charge in [-0.1, -0.05) is 56.5 Å². The molecule has 5 atom stereocenters. The molecule has 160 valence electrons. The van der Waals surface area contributed by atoms with Crippen LogP contribution < -0.4 is 0 Å². The molecular weight excluding hydrogens is 372 g/mol. The Kier molecular flexibility index (Phi) is 9.35. The van der Waals surface area contributed by atoms with E-state index in [9.17, 15) is 19.8 Å². The smallest absolute Gasteiger partial charge is 0.338 e. The highest BCUT2D eigenvalue weighted by Gasteiger charge is 2.44. The van der Waals surface area contributed by atoms with Gasteiger partial charge in [-0.2, -0.15) is 0 Å². The molecule has 0 amide bonds. The molecule has 2 rings (SSSR count). The average Bonchev–Trinajstić information content (AvgIpc) is 2.99. The maximum absolute atomic E-state index is 12.5. The van der Waals surface area contributed by atoms with Gasteiger partial charge in [-0.15, -0.1) is 0 Å². The first-order valence-corrected chi connectivity index (χ1v) is 10.3. The van der Waals surface area contributed by atoms with E-state index in [4.69, 9.17) is 9.47 Å². The van der Waals surface area contributed by atoms with E-state index in [1.807, 2.05) is 18.2 Å². The van der Waals surface area contributed by atoms with Crippen molar-refractivity contribution in [1.29, 1.82) is 0 Å². The van der Waals surface area contributed by atoms with E-state index in [0.717, 1.165) is 25.7 Å². The summed E-state index contributed by atoms with van der Waals surface area (Å²) in [5, 5.41) is 19.7.